The summed E-state index contributed by atoms with van der Waals surface area (Å²) in [6, 6.07) is 0. The highest BCUT2D eigenvalue weighted by Crippen LogP contribution is 2.32. The number of ether oxygens (including phenoxy) is 5. The number of hydrogen-bond acceptors (Lipinski definition) is 16. The third-order valence-electron chi connectivity index (χ3n) is 6.09. The van der Waals surface area contributed by atoms with Crippen molar-refractivity contribution in [3.8, 4) is 0 Å². The van der Waals surface area contributed by atoms with Gasteiger partial charge >= 0.3 is 0 Å². The molecule has 3 saturated heterocycles. The predicted octanol–water partition coefficient (Wildman–Crippen LogP) is -7.57. The standard InChI is InChI=1S/C18H32O16/c19-1-4-7(22)9(24)11(26)17(31-4)33-14-6(3-21)30-16(29)13(28)15(14)34-18-12(27)10(25)8(23)5(2-20)32-18/h4-29H,1-3H2/t4-,5-,6-,7-,8-,9+,10+,11-,12+,13-,14+,15-,16+,17-,18-/m1/s1. The van der Waals surface area contributed by atoms with Crippen molar-refractivity contribution >= 4 is 0 Å². The zero-order chi connectivity index (χ0) is 25.3. The van der Waals surface area contributed by atoms with Gasteiger partial charge in [0.1, 0.15) is 73.2 Å². The normalized spacial score (nSPS) is 52.5. The third kappa shape index (κ3) is 5.37. The first kappa shape index (κ1) is 27.9. The summed E-state index contributed by atoms with van der Waals surface area (Å²) in [4.78, 5) is 0. The second-order valence-corrected chi connectivity index (χ2v) is 8.33. The monoisotopic (exact) mass is 504 g/mol. The van der Waals surface area contributed by atoms with Crippen molar-refractivity contribution in [2.75, 3.05) is 19.8 Å². The molecule has 11 N–H and O–H groups in total. The second kappa shape index (κ2) is 11.6. The lowest BCUT2D eigenvalue weighted by molar-refractivity contribution is -0.383. The zero-order valence-electron chi connectivity index (χ0n) is 17.7. The van der Waals surface area contributed by atoms with E-state index in [9.17, 15) is 56.2 Å². The van der Waals surface area contributed by atoms with Gasteiger partial charge in [-0.3, -0.25) is 0 Å². The molecule has 0 bridgehead atoms. The Bertz CT molecular complexity index is 599. The molecule has 0 aliphatic carbocycles. The van der Waals surface area contributed by atoms with Crippen molar-refractivity contribution < 1.29 is 79.9 Å². The Morgan fingerprint density at radius 3 is 1.26 bits per heavy atom. The topological polar surface area (TPSA) is 269 Å². The van der Waals surface area contributed by atoms with E-state index in [1.54, 1.807) is 0 Å². The molecule has 3 aliphatic rings. The summed E-state index contributed by atoms with van der Waals surface area (Å²) in [5.41, 5.74) is 0. The van der Waals surface area contributed by atoms with Crippen LogP contribution in [0.25, 0.3) is 0 Å². The second-order valence-electron chi connectivity index (χ2n) is 8.33. The van der Waals surface area contributed by atoms with Gasteiger partial charge in [-0.25, -0.2) is 0 Å². The van der Waals surface area contributed by atoms with Gasteiger partial charge in [0.25, 0.3) is 0 Å². The number of aliphatic hydroxyl groups excluding tert-OH is 11. The van der Waals surface area contributed by atoms with Crippen LogP contribution < -0.4 is 0 Å². The molecule has 0 radical (unpaired) electrons. The van der Waals surface area contributed by atoms with Crippen molar-refractivity contribution in [2.24, 2.45) is 0 Å². The van der Waals surface area contributed by atoms with E-state index in [1.165, 1.54) is 0 Å². The van der Waals surface area contributed by atoms with Crippen molar-refractivity contribution in [3.63, 3.8) is 0 Å². The summed E-state index contributed by atoms with van der Waals surface area (Å²) < 4.78 is 26.7. The molecule has 34 heavy (non-hydrogen) atoms. The molecule has 16 heteroatoms. The fraction of sp³-hybridized carbons (Fsp3) is 1.00. The van der Waals surface area contributed by atoms with E-state index in [0.717, 1.165) is 0 Å². The molecule has 16 nitrogen and oxygen atoms in total. The minimum absolute atomic E-state index is 0.762. The lowest BCUT2D eigenvalue weighted by Gasteiger charge is -2.48. The highest BCUT2D eigenvalue weighted by atomic mass is 16.8. The van der Waals surface area contributed by atoms with Gasteiger partial charge in [0.2, 0.25) is 0 Å². The van der Waals surface area contributed by atoms with Gasteiger partial charge in [0, 0.05) is 0 Å². The molecule has 0 unspecified atom stereocenters. The van der Waals surface area contributed by atoms with Crippen molar-refractivity contribution in [1.29, 1.82) is 0 Å². The van der Waals surface area contributed by atoms with Crippen LogP contribution in [-0.2, 0) is 23.7 Å². The molecule has 3 fully saturated rings. The molecular formula is C18H32O16. The summed E-state index contributed by atoms with van der Waals surface area (Å²) in [7, 11) is 0. The van der Waals surface area contributed by atoms with Crippen molar-refractivity contribution in [3.05, 3.63) is 0 Å². The van der Waals surface area contributed by atoms with E-state index in [0.29, 0.717) is 0 Å². The molecule has 3 heterocycles. The Labute approximate surface area is 192 Å². The van der Waals surface area contributed by atoms with Crippen LogP contribution in [0.15, 0.2) is 0 Å². The van der Waals surface area contributed by atoms with Crippen LogP contribution in [0.1, 0.15) is 0 Å². The molecule has 0 aromatic heterocycles. The molecule has 3 rings (SSSR count). The average molecular weight is 504 g/mol. The van der Waals surface area contributed by atoms with Crippen LogP contribution in [0.3, 0.4) is 0 Å². The van der Waals surface area contributed by atoms with Crippen molar-refractivity contribution in [1.82, 2.24) is 0 Å². The van der Waals surface area contributed by atoms with E-state index in [2.05, 4.69) is 0 Å². The first-order valence-corrected chi connectivity index (χ1v) is 10.6. The Morgan fingerprint density at radius 1 is 0.441 bits per heavy atom. The molecule has 0 saturated carbocycles. The number of hydrogen-bond donors (Lipinski definition) is 11. The fourth-order valence-corrected chi connectivity index (χ4v) is 4.04. The Hall–Kier alpha value is -0.640. The maximum atomic E-state index is 10.5. The fourth-order valence-electron chi connectivity index (χ4n) is 4.04. The quantitative estimate of drug-likeness (QED) is 0.154. The van der Waals surface area contributed by atoms with Crippen LogP contribution in [0.4, 0.5) is 0 Å². The van der Waals surface area contributed by atoms with Crippen LogP contribution >= 0.6 is 0 Å². The highest BCUT2D eigenvalue weighted by Gasteiger charge is 2.53. The van der Waals surface area contributed by atoms with Gasteiger partial charge in [-0.05, 0) is 0 Å². The Morgan fingerprint density at radius 2 is 0.853 bits per heavy atom. The highest BCUT2D eigenvalue weighted by molar-refractivity contribution is 4.96. The Balaban J connectivity index is 1.84. The largest absolute Gasteiger partial charge is 0.394 e. The smallest absolute Gasteiger partial charge is 0.187 e. The molecule has 0 aromatic rings. The number of rotatable bonds is 7. The first-order valence-electron chi connectivity index (χ1n) is 10.6. The van der Waals surface area contributed by atoms with Gasteiger partial charge in [-0.1, -0.05) is 0 Å². The van der Waals surface area contributed by atoms with E-state index >= 15 is 0 Å². The van der Waals surface area contributed by atoms with Crippen LogP contribution in [-0.4, -0.2) is 168 Å². The Kier molecular flexibility index (Phi) is 9.54. The van der Waals surface area contributed by atoms with Gasteiger partial charge in [-0.2, -0.15) is 0 Å². The van der Waals surface area contributed by atoms with Gasteiger partial charge in [0.05, 0.1) is 19.8 Å². The van der Waals surface area contributed by atoms with Gasteiger partial charge in [-0.15, -0.1) is 0 Å². The zero-order valence-corrected chi connectivity index (χ0v) is 17.7. The van der Waals surface area contributed by atoms with Crippen LogP contribution in [0.5, 0.6) is 0 Å². The molecule has 0 spiro atoms. The number of aliphatic hydroxyl groups is 11. The summed E-state index contributed by atoms with van der Waals surface area (Å²) in [6.45, 7) is -2.35. The summed E-state index contributed by atoms with van der Waals surface area (Å²) >= 11 is 0. The van der Waals surface area contributed by atoms with Crippen molar-refractivity contribution in [2.45, 2.75) is 92.1 Å². The first-order chi connectivity index (χ1) is 16.0. The van der Waals surface area contributed by atoms with E-state index < -0.39 is 112 Å². The molecule has 3 aliphatic heterocycles. The van der Waals surface area contributed by atoms with Crippen LogP contribution in [0, 0.1) is 0 Å². The lowest BCUT2D eigenvalue weighted by Crippen LogP contribution is -2.67. The van der Waals surface area contributed by atoms with E-state index in [4.69, 9.17) is 23.7 Å². The maximum absolute atomic E-state index is 10.5. The third-order valence-corrected chi connectivity index (χ3v) is 6.09. The molecular weight excluding hydrogens is 472 g/mol. The van der Waals surface area contributed by atoms with Crippen LogP contribution in [0.2, 0.25) is 0 Å². The summed E-state index contributed by atoms with van der Waals surface area (Å²) in [5, 5.41) is 109. The average Bonchev–Trinajstić information content (AvgIpc) is 2.83. The van der Waals surface area contributed by atoms with Gasteiger partial charge < -0.3 is 79.9 Å². The maximum Gasteiger partial charge on any atom is 0.187 e. The minimum Gasteiger partial charge on any atom is -0.394 e. The predicted molar refractivity (Wildman–Crippen MR) is 101 cm³/mol. The van der Waals surface area contributed by atoms with Gasteiger partial charge in [0.15, 0.2) is 18.9 Å². The molecule has 15 atom stereocenters. The lowest BCUT2D eigenvalue weighted by atomic mass is 9.96. The SMILES string of the molecule is OC[C@H]1O[C@H](O[C@@H]2[C@@H](O)[C@@H](O)O[C@H](CO)[C@@H]2O[C@H]2O[C@H](CO)[C@@H](O)[C@H](O)[C@H]2O)[C@@H](O)[C@@H](O)[C@@H]1O. The summed E-state index contributed by atoms with van der Waals surface area (Å²) in [6.07, 6.45) is -25.6. The van der Waals surface area contributed by atoms with E-state index in [-0.39, 0.29) is 0 Å². The summed E-state index contributed by atoms with van der Waals surface area (Å²) in [5.74, 6) is 0. The molecule has 0 amide bonds. The van der Waals surface area contributed by atoms with E-state index in [1.807, 2.05) is 0 Å². The minimum atomic E-state index is -1.93. The molecule has 200 valence electrons. The molecule has 0 aromatic carbocycles.